The molecule has 3 rings (SSSR count). The van der Waals surface area contributed by atoms with Gasteiger partial charge in [-0.1, -0.05) is 55.8 Å². The third kappa shape index (κ3) is 8.30. The molecule has 0 radical (unpaired) electrons. The molecule has 0 saturated carbocycles. The molecular formula is C27H38N4O2. The van der Waals surface area contributed by atoms with Gasteiger partial charge in [0.15, 0.2) is 0 Å². The minimum atomic E-state index is -0.0163. The summed E-state index contributed by atoms with van der Waals surface area (Å²) in [7, 11) is 0. The molecule has 1 aliphatic heterocycles. The van der Waals surface area contributed by atoms with Crippen LogP contribution in [0, 0.1) is 12.8 Å². The van der Waals surface area contributed by atoms with Gasteiger partial charge in [-0.3, -0.25) is 19.4 Å². The Morgan fingerprint density at radius 2 is 1.36 bits per heavy atom. The van der Waals surface area contributed by atoms with E-state index in [9.17, 15) is 9.59 Å². The fourth-order valence-corrected chi connectivity index (χ4v) is 4.13. The maximum absolute atomic E-state index is 12.6. The SMILES string of the molecule is Cc1ccc(NC(=O)CN2CCN(CC(=O)NC(C)c3ccc(CC(C)C)cc3)CC2)cc1. The Bertz CT molecular complexity index is 901. The first-order chi connectivity index (χ1) is 15.8. The van der Waals surface area contributed by atoms with Crippen molar-refractivity contribution in [2.45, 2.75) is 40.2 Å². The molecule has 33 heavy (non-hydrogen) atoms. The van der Waals surface area contributed by atoms with Crippen molar-refractivity contribution >= 4 is 17.5 Å². The van der Waals surface area contributed by atoms with Crippen molar-refractivity contribution in [2.75, 3.05) is 44.6 Å². The normalized spacial score (nSPS) is 15.9. The van der Waals surface area contributed by atoms with Crippen LogP contribution < -0.4 is 10.6 Å². The van der Waals surface area contributed by atoms with Crippen molar-refractivity contribution in [1.82, 2.24) is 15.1 Å². The molecule has 1 unspecified atom stereocenters. The Morgan fingerprint density at radius 1 is 0.818 bits per heavy atom. The summed E-state index contributed by atoms with van der Waals surface area (Å²) in [6, 6.07) is 16.3. The summed E-state index contributed by atoms with van der Waals surface area (Å²) >= 11 is 0. The lowest BCUT2D eigenvalue weighted by molar-refractivity contribution is -0.124. The molecule has 6 nitrogen and oxygen atoms in total. The minimum absolute atomic E-state index is 0.00159. The molecule has 0 spiro atoms. The zero-order chi connectivity index (χ0) is 23.8. The van der Waals surface area contributed by atoms with Crippen molar-refractivity contribution in [3.63, 3.8) is 0 Å². The Morgan fingerprint density at radius 3 is 1.91 bits per heavy atom. The van der Waals surface area contributed by atoms with Crippen LogP contribution in [0.3, 0.4) is 0 Å². The number of rotatable bonds is 9. The van der Waals surface area contributed by atoms with Gasteiger partial charge >= 0.3 is 0 Å². The summed E-state index contributed by atoms with van der Waals surface area (Å²) in [5.74, 6) is 0.675. The van der Waals surface area contributed by atoms with E-state index >= 15 is 0 Å². The second-order valence-corrected chi connectivity index (χ2v) is 9.60. The van der Waals surface area contributed by atoms with E-state index in [2.05, 4.69) is 58.5 Å². The van der Waals surface area contributed by atoms with Gasteiger partial charge in [0.2, 0.25) is 11.8 Å². The Balaban J connectivity index is 1.37. The van der Waals surface area contributed by atoms with Crippen LogP contribution in [0.25, 0.3) is 0 Å². The number of hydrogen-bond acceptors (Lipinski definition) is 4. The molecule has 2 aromatic carbocycles. The van der Waals surface area contributed by atoms with E-state index in [1.165, 1.54) is 11.1 Å². The van der Waals surface area contributed by atoms with Gasteiger partial charge in [0.1, 0.15) is 0 Å². The second-order valence-electron chi connectivity index (χ2n) is 9.60. The molecular weight excluding hydrogens is 412 g/mol. The van der Waals surface area contributed by atoms with E-state index in [0.717, 1.165) is 43.9 Å². The van der Waals surface area contributed by atoms with E-state index in [1.54, 1.807) is 0 Å². The van der Waals surface area contributed by atoms with E-state index in [4.69, 9.17) is 0 Å². The fourth-order valence-electron chi connectivity index (χ4n) is 4.13. The minimum Gasteiger partial charge on any atom is -0.348 e. The fraction of sp³-hybridized carbons (Fsp3) is 0.481. The summed E-state index contributed by atoms with van der Waals surface area (Å²) in [5, 5.41) is 6.07. The van der Waals surface area contributed by atoms with Gasteiger partial charge in [-0.25, -0.2) is 0 Å². The summed E-state index contributed by atoms with van der Waals surface area (Å²) < 4.78 is 0. The predicted octanol–water partition coefficient (Wildman–Crippen LogP) is 3.63. The molecule has 1 saturated heterocycles. The summed E-state index contributed by atoms with van der Waals surface area (Å²) in [4.78, 5) is 29.2. The van der Waals surface area contributed by atoms with Gasteiger partial charge in [-0.2, -0.15) is 0 Å². The van der Waals surface area contributed by atoms with Gasteiger partial charge in [-0.15, -0.1) is 0 Å². The molecule has 2 aromatic rings. The van der Waals surface area contributed by atoms with Crippen molar-refractivity contribution in [1.29, 1.82) is 0 Å². The quantitative estimate of drug-likeness (QED) is 0.612. The van der Waals surface area contributed by atoms with E-state index in [-0.39, 0.29) is 17.9 Å². The smallest absolute Gasteiger partial charge is 0.238 e. The molecule has 2 amide bonds. The maximum Gasteiger partial charge on any atom is 0.238 e. The lowest BCUT2D eigenvalue weighted by atomic mass is 10.00. The largest absolute Gasteiger partial charge is 0.348 e. The van der Waals surface area contributed by atoms with Crippen LogP contribution in [0.15, 0.2) is 48.5 Å². The van der Waals surface area contributed by atoms with E-state index < -0.39 is 0 Å². The Labute approximate surface area is 198 Å². The standard InChI is InChI=1S/C27H38N4O2/c1-20(2)17-23-7-9-24(10-8-23)22(4)28-26(32)18-30-13-15-31(16-14-30)19-27(33)29-25-11-5-21(3)6-12-25/h5-12,20,22H,13-19H2,1-4H3,(H,28,32)(H,29,33). The van der Waals surface area contributed by atoms with Gasteiger partial charge in [0.05, 0.1) is 19.1 Å². The van der Waals surface area contributed by atoms with Crippen LogP contribution in [-0.4, -0.2) is 60.9 Å². The highest BCUT2D eigenvalue weighted by Crippen LogP contribution is 2.16. The van der Waals surface area contributed by atoms with Crippen LogP contribution in [0.5, 0.6) is 0 Å². The highest BCUT2D eigenvalue weighted by Gasteiger charge is 2.21. The van der Waals surface area contributed by atoms with E-state index in [0.29, 0.717) is 19.0 Å². The molecule has 1 aliphatic rings. The first kappa shape index (κ1) is 24.9. The van der Waals surface area contributed by atoms with Gasteiger partial charge in [-0.05, 0) is 49.4 Å². The number of hydrogen-bond donors (Lipinski definition) is 2. The van der Waals surface area contributed by atoms with Crippen molar-refractivity contribution in [2.24, 2.45) is 5.92 Å². The second kappa shape index (κ2) is 12.0. The Kier molecular flexibility index (Phi) is 9.03. The molecule has 1 atom stereocenters. The van der Waals surface area contributed by atoms with Crippen LogP contribution in [-0.2, 0) is 16.0 Å². The maximum atomic E-state index is 12.6. The first-order valence-electron chi connectivity index (χ1n) is 12.0. The number of benzene rings is 2. The number of carbonyl (C=O) groups excluding carboxylic acids is 2. The monoisotopic (exact) mass is 450 g/mol. The van der Waals surface area contributed by atoms with Crippen LogP contribution >= 0.6 is 0 Å². The summed E-state index contributed by atoms with van der Waals surface area (Å²) in [6.45, 7) is 12.4. The van der Waals surface area contributed by atoms with E-state index in [1.807, 2.05) is 38.1 Å². The average molecular weight is 451 g/mol. The highest BCUT2D eigenvalue weighted by atomic mass is 16.2. The van der Waals surface area contributed by atoms with Crippen LogP contribution in [0.4, 0.5) is 5.69 Å². The van der Waals surface area contributed by atoms with Crippen LogP contribution in [0.1, 0.15) is 43.5 Å². The topological polar surface area (TPSA) is 64.7 Å². The third-order valence-electron chi connectivity index (χ3n) is 6.04. The lowest BCUT2D eigenvalue weighted by Gasteiger charge is -2.34. The molecule has 2 N–H and O–H groups in total. The molecule has 6 heteroatoms. The molecule has 1 fully saturated rings. The predicted molar refractivity (Wildman–Crippen MR) is 134 cm³/mol. The molecule has 0 bridgehead atoms. The van der Waals surface area contributed by atoms with Gasteiger partial charge in [0, 0.05) is 31.9 Å². The van der Waals surface area contributed by atoms with Crippen molar-refractivity contribution in [3.8, 4) is 0 Å². The van der Waals surface area contributed by atoms with Gasteiger partial charge in [0.25, 0.3) is 0 Å². The number of nitrogens with zero attached hydrogens (tertiary/aromatic N) is 2. The zero-order valence-corrected chi connectivity index (χ0v) is 20.4. The van der Waals surface area contributed by atoms with Crippen molar-refractivity contribution < 1.29 is 9.59 Å². The average Bonchev–Trinajstić information content (AvgIpc) is 2.76. The number of nitrogens with one attached hydrogen (secondary N) is 2. The van der Waals surface area contributed by atoms with Gasteiger partial charge < -0.3 is 10.6 Å². The molecule has 0 aromatic heterocycles. The van der Waals surface area contributed by atoms with Crippen LogP contribution in [0.2, 0.25) is 0 Å². The number of amides is 2. The Hall–Kier alpha value is -2.70. The number of piperazine rings is 1. The molecule has 0 aliphatic carbocycles. The van der Waals surface area contributed by atoms with Crippen molar-refractivity contribution in [3.05, 3.63) is 65.2 Å². The summed E-state index contributed by atoms with van der Waals surface area (Å²) in [5.41, 5.74) is 4.45. The molecule has 178 valence electrons. The number of carbonyl (C=O) groups is 2. The zero-order valence-electron chi connectivity index (χ0n) is 20.4. The number of aryl methyl sites for hydroxylation is 1. The molecule has 1 heterocycles. The summed E-state index contributed by atoms with van der Waals surface area (Å²) in [6.07, 6.45) is 1.07. The highest BCUT2D eigenvalue weighted by molar-refractivity contribution is 5.92. The first-order valence-corrected chi connectivity index (χ1v) is 12.0. The third-order valence-corrected chi connectivity index (χ3v) is 6.04. The lowest BCUT2D eigenvalue weighted by Crippen LogP contribution is -2.51. The number of anilines is 1.